The van der Waals surface area contributed by atoms with E-state index in [1.54, 1.807) is 0 Å². The maximum atomic E-state index is 13.0. The molecule has 0 heterocycles. The number of rotatable bonds is 4. The molecule has 0 saturated carbocycles. The van der Waals surface area contributed by atoms with Crippen molar-refractivity contribution >= 4 is 62.8 Å². The summed E-state index contributed by atoms with van der Waals surface area (Å²) < 4.78 is 13.0. The molecule has 9 heteroatoms. The van der Waals surface area contributed by atoms with E-state index in [0.717, 1.165) is 6.07 Å². The maximum absolute atomic E-state index is 13.0. The number of nitrogens with one attached hydrogen (secondary N) is 1. The summed E-state index contributed by atoms with van der Waals surface area (Å²) in [4.78, 5) is 20.1. The fourth-order valence-corrected chi connectivity index (χ4v) is 1.34. The molecule has 88 valence electrons. The quantitative estimate of drug-likeness (QED) is 0.497. The number of carboxylic acids is 1. The van der Waals surface area contributed by atoms with Gasteiger partial charge in [0.15, 0.2) is 0 Å². The Hall–Kier alpha value is -0.700. The van der Waals surface area contributed by atoms with Crippen molar-refractivity contribution in [2.75, 3.05) is 11.9 Å². The van der Waals surface area contributed by atoms with Crippen LogP contribution < -0.4 is 5.32 Å². The summed E-state index contributed by atoms with van der Waals surface area (Å²) in [5, 5.41) is 21.3. The minimum absolute atomic E-state index is 0. The second-order valence-corrected chi connectivity index (χ2v) is 3.64. The molecule has 0 saturated heterocycles. The van der Waals surface area contributed by atoms with Crippen LogP contribution in [0.25, 0.3) is 0 Å². The predicted molar refractivity (Wildman–Crippen MR) is 64.0 cm³/mol. The molecule has 0 atom stereocenters. The van der Waals surface area contributed by atoms with Gasteiger partial charge in [0.25, 0.3) is 5.69 Å². The van der Waals surface area contributed by atoms with Crippen molar-refractivity contribution in [1.82, 2.24) is 0 Å². The Morgan fingerprint density at radius 3 is 2.65 bits per heavy atom. The van der Waals surface area contributed by atoms with Crippen LogP contribution in [-0.2, 0) is 4.79 Å². The molecule has 0 aliphatic rings. The molecular formula is C8H7BrFN2NaO4. The van der Waals surface area contributed by atoms with E-state index in [-0.39, 0.29) is 39.7 Å². The van der Waals surface area contributed by atoms with Crippen LogP contribution in [0, 0.1) is 15.9 Å². The third-order valence-electron chi connectivity index (χ3n) is 1.67. The summed E-state index contributed by atoms with van der Waals surface area (Å²) in [6.07, 6.45) is 0. The van der Waals surface area contributed by atoms with Gasteiger partial charge in [-0.3, -0.25) is 14.9 Å². The third-order valence-corrected chi connectivity index (χ3v) is 2.27. The topological polar surface area (TPSA) is 92.5 Å². The van der Waals surface area contributed by atoms with E-state index in [1.807, 2.05) is 0 Å². The Morgan fingerprint density at radius 1 is 1.59 bits per heavy atom. The fourth-order valence-electron chi connectivity index (χ4n) is 1.000. The first-order valence-corrected chi connectivity index (χ1v) is 4.80. The van der Waals surface area contributed by atoms with Crippen LogP contribution in [0.4, 0.5) is 15.8 Å². The van der Waals surface area contributed by atoms with Gasteiger partial charge in [0.2, 0.25) is 0 Å². The fraction of sp³-hybridized carbons (Fsp3) is 0.125. The van der Waals surface area contributed by atoms with E-state index in [2.05, 4.69) is 21.2 Å². The van der Waals surface area contributed by atoms with Crippen LogP contribution in [0.5, 0.6) is 0 Å². The standard InChI is InChI=1S/C8H6BrFN2O4.Na.H/c9-4-1-6(11-3-8(13)14)7(12(15)16)2-5(4)10;;/h1-2,11H,3H2,(H,13,14);;. The number of hydrogen-bond acceptors (Lipinski definition) is 4. The number of hydrogen-bond donors (Lipinski definition) is 2. The van der Waals surface area contributed by atoms with Gasteiger partial charge in [-0.1, -0.05) is 0 Å². The zero-order valence-corrected chi connectivity index (χ0v) is 9.32. The molecule has 0 bridgehead atoms. The van der Waals surface area contributed by atoms with Crippen molar-refractivity contribution in [3.63, 3.8) is 0 Å². The first-order chi connectivity index (χ1) is 7.41. The molecule has 0 unspecified atom stereocenters. The van der Waals surface area contributed by atoms with Crippen molar-refractivity contribution < 1.29 is 19.2 Å². The van der Waals surface area contributed by atoms with E-state index in [9.17, 15) is 19.3 Å². The van der Waals surface area contributed by atoms with E-state index in [0.29, 0.717) is 6.07 Å². The number of carbonyl (C=O) groups is 1. The molecule has 17 heavy (non-hydrogen) atoms. The van der Waals surface area contributed by atoms with Gasteiger partial charge >= 0.3 is 35.5 Å². The van der Waals surface area contributed by atoms with Crippen LogP contribution in [0.1, 0.15) is 0 Å². The summed E-state index contributed by atoms with van der Waals surface area (Å²) in [7, 11) is 0. The average molecular weight is 317 g/mol. The number of nitro groups is 1. The Labute approximate surface area is 126 Å². The number of halogens is 2. The number of nitro benzene ring substituents is 1. The third kappa shape index (κ3) is 4.58. The van der Waals surface area contributed by atoms with Crippen molar-refractivity contribution in [1.29, 1.82) is 0 Å². The van der Waals surface area contributed by atoms with Gasteiger partial charge in [0.05, 0.1) is 15.5 Å². The molecule has 2 N–H and O–H groups in total. The van der Waals surface area contributed by atoms with Crippen molar-refractivity contribution in [3.05, 3.63) is 32.5 Å². The van der Waals surface area contributed by atoms with Gasteiger partial charge < -0.3 is 10.4 Å². The van der Waals surface area contributed by atoms with E-state index < -0.39 is 28.9 Å². The summed E-state index contributed by atoms with van der Waals surface area (Å²) in [6.45, 7) is -0.487. The Kier molecular flexibility index (Phi) is 6.61. The molecule has 1 aromatic rings. The Bertz CT molecular complexity index is 457. The Balaban J connectivity index is 0.00000256. The second-order valence-electron chi connectivity index (χ2n) is 2.79. The van der Waals surface area contributed by atoms with Gasteiger partial charge in [-0.2, -0.15) is 0 Å². The zero-order chi connectivity index (χ0) is 12.3. The molecule has 0 amide bonds. The van der Waals surface area contributed by atoms with Gasteiger partial charge in [-0.25, -0.2) is 4.39 Å². The second kappa shape index (κ2) is 6.90. The number of anilines is 1. The molecule has 0 aliphatic carbocycles. The zero-order valence-electron chi connectivity index (χ0n) is 7.74. The van der Waals surface area contributed by atoms with Crippen molar-refractivity contribution in [2.45, 2.75) is 0 Å². The summed E-state index contributed by atoms with van der Waals surface area (Å²) in [5.41, 5.74) is -0.567. The first-order valence-electron chi connectivity index (χ1n) is 4.01. The summed E-state index contributed by atoms with van der Waals surface area (Å²) >= 11 is 2.85. The molecule has 0 radical (unpaired) electrons. The number of carboxylic acid groups (broad SMARTS) is 1. The van der Waals surface area contributed by atoms with E-state index in [4.69, 9.17) is 5.11 Å². The number of nitrogens with zero attached hydrogens (tertiary/aromatic N) is 1. The van der Waals surface area contributed by atoms with Crippen LogP contribution in [0.3, 0.4) is 0 Å². The summed E-state index contributed by atoms with van der Waals surface area (Å²) in [6, 6.07) is 1.84. The first kappa shape index (κ1) is 16.3. The van der Waals surface area contributed by atoms with Gasteiger partial charge in [-0.05, 0) is 22.0 Å². The van der Waals surface area contributed by atoms with Crippen LogP contribution >= 0.6 is 15.9 Å². The van der Waals surface area contributed by atoms with Crippen LogP contribution in [0.2, 0.25) is 0 Å². The van der Waals surface area contributed by atoms with Crippen molar-refractivity contribution in [2.24, 2.45) is 0 Å². The number of benzene rings is 1. The van der Waals surface area contributed by atoms with Crippen LogP contribution in [-0.4, -0.2) is 52.1 Å². The summed E-state index contributed by atoms with van der Waals surface area (Å²) in [5.74, 6) is -1.96. The molecule has 0 aromatic heterocycles. The van der Waals surface area contributed by atoms with Crippen LogP contribution in [0.15, 0.2) is 16.6 Å². The van der Waals surface area contributed by atoms with Gasteiger partial charge in [0, 0.05) is 0 Å². The molecule has 0 aliphatic heterocycles. The number of aliphatic carboxylic acids is 1. The normalized spacial score (nSPS) is 9.29. The van der Waals surface area contributed by atoms with Crippen molar-refractivity contribution in [3.8, 4) is 0 Å². The SMILES string of the molecule is O=C(O)CNc1cc(Br)c(F)cc1[N+](=O)[O-].[NaH]. The minimum atomic E-state index is -1.17. The molecule has 6 nitrogen and oxygen atoms in total. The van der Waals surface area contributed by atoms with E-state index >= 15 is 0 Å². The van der Waals surface area contributed by atoms with E-state index in [1.165, 1.54) is 0 Å². The molecule has 1 rings (SSSR count). The predicted octanol–water partition coefficient (Wildman–Crippen LogP) is 1.34. The molecule has 0 spiro atoms. The molecule has 0 fully saturated rings. The monoisotopic (exact) mass is 316 g/mol. The molecular weight excluding hydrogens is 310 g/mol. The average Bonchev–Trinajstić information content (AvgIpc) is 2.18. The molecule has 1 aromatic carbocycles. The van der Waals surface area contributed by atoms with Gasteiger partial charge in [-0.15, -0.1) is 0 Å². The van der Waals surface area contributed by atoms with Gasteiger partial charge in [0.1, 0.15) is 18.0 Å². The Morgan fingerprint density at radius 2 is 2.18 bits per heavy atom.